The van der Waals surface area contributed by atoms with E-state index in [4.69, 9.17) is 0 Å². The van der Waals surface area contributed by atoms with Crippen molar-refractivity contribution in [1.29, 1.82) is 0 Å². The van der Waals surface area contributed by atoms with Crippen molar-refractivity contribution in [3.8, 4) is 0 Å². The van der Waals surface area contributed by atoms with Crippen LogP contribution in [0.1, 0.15) is 67.5 Å². The first-order chi connectivity index (χ1) is 12.2. The minimum absolute atomic E-state index is 0.0296. The summed E-state index contributed by atoms with van der Waals surface area (Å²) in [5.41, 5.74) is -0.604. The third-order valence-corrected chi connectivity index (χ3v) is 6.80. The van der Waals surface area contributed by atoms with Crippen molar-refractivity contribution in [1.82, 2.24) is 0 Å². The smallest absolute Gasteiger partial charge is 0.335 e. The molecule has 0 saturated heterocycles. The average Bonchev–Trinajstić information content (AvgIpc) is 2.59. The number of alkyl halides is 2. The van der Waals surface area contributed by atoms with Gasteiger partial charge in [-0.05, 0) is 68.8 Å². The maximum atomic E-state index is 15.0. The van der Waals surface area contributed by atoms with Gasteiger partial charge in [0.05, 0.1) is 0 Å². The van der Waals surface area contributed by atoms with Crippen LogP contribution in [-0.4, -0.2) is 22.6 Å². The van der Waals surface area contributed by atoms with Gasteiger partial charge in [-0.1, -0.05) is 24.3 Å². The lowest BCUT2D eigenvalue weighted by Crippen LogP contribution is -2.55. The molecule has 4 fully saturated rings. The number of halogens is 2. The predicted octanol–water partition coefficient (Wildman–Crippen LogP) is 4.34. The SMILES string of the molecule is CC(=O)c1ccc(C(O)C(F)(F)C(=O)C23CC4CC(CC(C4)C2)C3)cc1. The van der Waals surface area contributed by atoms with Crippen LogP contribution in [0.15, 0.2) is 24.3 Å². The first-order valence-electron chi connectivity index (χ1n) is 9.43. The van der Waals surface area contributed by atoms with Crippen LogP contribution in [0.3, 0.4) is 0 Å². The maximum Gasteiger partial charge on any atom is 0.335 e. The van der Waals surface area contributed by atoms with Crippen molar-refractivity contribution in [2.24, 2.45) is 23.2 Å². The first-order valence-corrected chi connectivity index (χ1v) is 9.43. The minimum Gasteiger partial charge on any atom is -0.382 e. The standard InChI is InChI=1S/C21H24F2O3/c1-12(24)16-2-4-17(5-3-16)18(25)21(22,23)19(26)20-9-13-6-14(10-20)8-15(7-13)11-20/h2-5,13-15,18,25H,6-11H2,1H3. The van der Waals surface area contributed by atoms with Crippen molar-refractivity contribution >= 4 is 11.6 Å². The van der Waals surface area contributed by atoms with E-state index in [-0.39, 0.29) is 11.3 Å². The Morgan fingerprint density at radius 2 is 1.50 bits per heavy atom. The van der Waals surface area contributed by atoms with E-state index >= 15 is 0 Å². The molecule has 1 unspecified atom stereocenters. The van der Waals surface area contributed by atoms with Crippen molar-refractivity contribution in [2.75, 3.05) is 0 Å². The van der Waals surface area contributed by atoms with E-state index < -0.39 is 23.2 Å². The zero-order valence-electron chi connectivity index (χ0n) is 14.9. The Bertz CT molecular complexity index is 703. The van der Waals surface area contributed by atoms with Gasteiger partial charge in [0, 0.05) is 11.0 Å². The number of hydrogen-bond donors (Lipinski definition) is 1. The zero-order chi connectivity index (χ0) is 18.7. The molecule has 1 N–H and O–H groups in total. The molecule has 0 amide bonds. The summed E-state index contributed by atoms with van der Waals surface area (Å²) >= 11 is 0. The molecule has 4 saturated carbocycles. The van der Waals surface area contributed by atoms with Crippen LogP contribution in [-0.2, 0) is 4.79 Å². The number of aliphatic hydroxyl groups is 1. The van der Waals surface area contributed by atoms with Gasteiger partial charge in [0.2, 0.25) is 5.78 Å². The summed E-state index contributed by atoms with van der Waals surface area (Å²) in [5, 5.41) is 10.3. The molecule has 1 aromatic carbocycles. The Morgan fingerprint density at radius 3 is 1.92 bits per heavy atom. The second-order valence-electron chi connectivity index (χ2n) is 8.73. The molecule has 0 radical (unpaired) electrons. The monoisotopic (exact) mass is 362 g/mol. The highest BCUT2D eigenvalue weighted by atomic mass is 19.3. The molecule has 4 aliphatic rings. The van der Waals surface area contributed by atoms with Crippen LogP contribution in [0, 0.1) is 23.2 Å². The number of carbonyl (C=O) groups excluding carboxylic acids is 2. The Labute approximate surface area is 151 Å². The normalized spacial score (nSPS) is 33.9. The summed E-state index contributed by atoms with van der Waals surface area (Å²) in [6.45, 7) is 1.39. The van der Waals surface area contributed by atoms with E-state index in [0.29, 0.717) is 42.6 Å². The lowest BCUT2D eigenvalue weighted by molar-refractivity contribution is -0.185. The fourth-order valence-electron chi connectivity index (χ4n) is 5.98. The molecule has 4 bridgehead atoms. The zero-order valence-corrected chi connectivity index (χ0v) is 14.9. The van der Waals surface area contributed by atoms with E-state index in [1.54, 1.807) is 0 Å². The number of aliphatic hydroxyl groups excluding tert-OH is 1. The van der Waals surface area contributed by atoms with Crippen LogP contribution in [0.2, 0.25) is 0 Å². The van der Waals surface area contributed by atoms with E-state index in [1.165, 1.54) is 31.2 Å². The summed E-state index contributed by atoms with van der Waals surface area (Å²) < 4.78 is 30.0. The summed E-state index contributed by atoms with van der Waals surface area (Å²) in [6, 6.07) is 5.43. The predicted molar refractivity (Wildman–Crippen MR) is 92.0 cm³/mol. The van der Waals surface area contributed by atoms with Gasteiger partial charge in [0.25, 0.3) is 0 Å². The molecule has 4 aliphatic carbocycles. The van der Waals surface area contributed by atoms with Gasteiger partial charge in [-0.15, -0.1) is 0 Å². The average molecular weight is 362 g/mol. The second kappa shape index (κ2) is 5.95. The summed E-state index contributed by atoms with van der Waals surface area (Å²) in [7, 11) is 0. The van der Waals surface area contributed by atoms with E-state index in [2.05, 4.69) is 0 Å². The van der Waals surface area contributed by atoms with Gasteiger partial charge in [-0.2, -0.15) is 8.78 Å². The number of carbonyl (C=O) groups is 2. The lowest BCUT2D eigenvalue weighted by Gasteiger charge is -2.56. The number of Topliss-reactive ketones (excluding diaryl/α,β-unsaturated/α-hetero) is 2. The second-order valence-corrected chi connectivity index (χ2v) is 8.73. The summed E-state index contributed by atoms with van der Waals surface area (Å²) in [6.07, 6.45) is 2.65. The van der Waals surface area contributed by atoms with Crippen molar-refractivity contribution in [3.05, 3.63) is 35.4 Å². The van der Waals surface area contributed by atoms with Gasteiger partial charge in [0.1, 0.15) is 0 Å². The topological polar surface area (TPSA) is 54.4 Å². The van der Waals surface area contributed by atoms with Crippen molar-refractivity contribution in [2.45, 2.75) is 57.5 Å². The molecule has 0 aromatic heterocycles. The maximum absolute atomic E-state index is 15.0. The lowest BCUT2D eigenvalue weighted by atomic mass is 9.48. The van der Waals surface area contributed by atoms with Gasteiger partial charge >= 0.3 is 5.92 Å². The largest absolute Gasteiger partial charge is 0.382 e. The van der Waals surface area contributed by atoms with Crippen LogP contribution >= 0.6 is 0 Å². The summed E-state index contributed by atoms with van der Waals surface area (Å²) in [4.78, 5) is 24.3. The highest BCUT2D eigenvalue weighted by Crippen LogP contribution is 2.62. The van der Waals surface area contributed by atoms with E-state index in [9.17, 15) is 23.5 Å². The fourth-order valence-corrected chi connectivity index (χ4v) is 5.98. The molecule has 5 heteroatoms. The number of benzene rings is 1. The molecule has 0 aliphatic heterocycles. The quantitative estimate of drug-likeness (QED) is 0.793. The van der Waals surface area contributed by atoms with Gasteiger partial charge in [-0.25, -0.2) is 0 Å². The van der Waals surface area contributed by atoms with Gasteiger partial charge in [0.15, 0.2) is 11.9 Å². The highest BCUT2D eigenvalue weighted by molar-refractivity contribution is 5.94. The molecule has 140 valence electrons. The first kappa shape index (κ1) is 17.8. The molecule has 1 atom stereocenters. The molecule has 5 rings (SSSR count). The third-order valence-electron chi connectivity index (χ3n) is 6.80. The van der Waals surface area contributed by atoms with Crippen LogP contribution in [0.25, 0.3) is 0 Å². The van der Waals surface area contributed by atoms with Crippen LogP contribution in [0.5, 0.6) is 0 Å². The Hall–Kier alpha value is -1.62. The molecular weight excluding hydrogens is 338 g/mol. The van der Waals surface area contributed by atoms with E-state index in [1.807, 2.05) is 0 Å². The molecule has 0 spiro atoms. The van der Waals surface area contributed by atoms with Crippen molar-refractivity contribution < 1.29 is 23.5 Å². The van der Waals surface area contributed by atoms with E-state index in [0.717, 1.165) is 19.3 Å². The Morgan fingerprint density at radius 1 is 1.04 bits per heavy atom. The fraction of sp³-hybridized carbons (Fsp3) is 0.619. The molecule has 26 heavy (non-hydrogen) atoms. The molecule has 0 heterocycles. The molecule has 1 aromatic rings. The minimum atomic E-state index is -3.82. The van der Waals surface area contributed by atoms with Crippen LogP contribution in [0.4, 0.5) is 8.78 Å². The Kier molecular flexibility index (Phi) is 4.07. The van der Waals surface area contributed by atoms with Gasteiger partial charge < -0.3 is 5.11 Å². The highest BCUT2D eigenvalue weighted by Gasteiger charge is 2.62. The third kappa shape index (κ3) is 2.72. The molecule has 3 nitrogen and oxygen atoms in total. The Balaban J connectivity index is 1.59. The summed E-state index contributed by atoms with van der Waals surface area (Å²) in [5.74, 6) is -3.92. The molecular formula is C21H24F2O3. The van der Waals surface area contributed by atoms with Crippen molar-refractivity contribution in [3.63, 3.8) is 0 Å². The number of hydrogen-bond acceptors (Lipinski definition) is 3. The number of ketones is 2. The van der Waals surface area contributed by atoms with Crippen LogP contribution < -0.4 is 0 Å². The van der Waals surface area contributed by atoms with Gasteiger partial charge in [-0.3, -0.25) is 9.59 Å². The number of rotatable bonds is 5.